The first-order chi connectivity index (χ1) is 12.6. The van der Waals surface area contributed by atoms with Gasteiger partial charge < -0.3 is 11.1 Å². The molecule has 1 atom stereocenters. The quantitative estimate of drug-likeness (QED) is 0.870. The number of primary amides is 1. The minimum Gasteiger partial charge on any atom is -0.368 e. The van der Waals surface area contributed by atoms with Gasteiger partial charge in [-0.3, -0.25) is 9.59 Å². The topological polar surface area (TPSA) is 72.2 Å². The van der Waals surface area contributed by atoms with Crippen LogP contribution in [0.3, 0.4) is 0 Å². The molecule has 0 bridgehead atoms. The van der Waals surface area contributed by atoms with E-state index in [0.29, 0.717) is 12.3 Å². The summed E-state index contributed by atoms with van der Waals surface area (Å²) >= 11 is 0. The number of nitrogens with two attached hydrogens (primary N) is 1. The molecule has 4 rings (SSSR count). The highest BCUT2D eigenvalue weighted by Gasteiger charge is 2.38. The van der Waals surface area contributed by atoms with E-state index in [1.54, 1.807) is 0 Å². The second-order valence-corrected chi connectivity index (χ2v) is 7.45. The van der Waals surface area contributed by atoms with Gasteiger partial charge in [0.1, 0.15) is 6.04 Å². The lowest BCUT2D eigenvalue weighted by Crippen LogP contribution is -2.48. The number of hydrogen-bond acceptors (Lipinski definition) is 2. The highest BCUT2D eigenvalue weighted by molar-refractivity contribution is 5.91. The number of carbonyl (C=O) groups is 2. The van der Waals surface area contributed by atoms with Crippen LogP contribution in [-0.2, 0) is 9.59 Å². The lowest BCUT2D eigenvalue weighted by molar-refractivity contribution is -0.128. The van der Waals surface area contributed by atoms with E-state index < -0.39 is 11.9 Å². The zero-order chi connectivity index (χ0) is 18.1. The van der Waals surface area contributed by atoms with E-state index in [-0.39, 0.29) is 11.8 Å². The molecule has 1 saturated carbocycles. The van der Waals surface area contributed by atoms with Crippen LogP contribution in [0.5, 0.6) is 0 Å². The van der Waals surface area contributed by atoms with Crippen molar-refractivity contribution in [1.82, 2.24) is 5.32 Å². The zero-order valence-electron chi connectivity index (χ0n) is 14.8. The minimum absolute atomic E-state index is 0.0671. The molecule has 4 heteroatoms. The van der Waals surface area contributed by atoms with Crippen LogP contribution < -0.4 is 11.1 Å². The summed E-state index contributed by atoms with van der Waals surface area (Å²) in [5.74, 6) is -0.344. The molecule has 0 radical (unpaired) electrons. The van der Waals surface area contributed by atoms with Crippen molar-refractivity contribution in [2.24, 2.45) is 11.7 Å². The van der Waals surface area contributed by atoms with Crippen LogP contribution in [0.4, 0.5) is 0 Å². The van der Waals surface area contributed by atoms with Gasteiger partial charge in [-0.1, -0.05) is 61.4 Å². The Hall–Kier alpha value is -2.62. The first-order valence-corrected chi connectivity index (χ1v) is 9.42. The summed E-state index contributed by atoms with van der Waals surface area (Å²) in [6.07, 6.45) is 5.08. The monoisotopic (exact) mass is 348 g/mol. The van der Waals surface area contributed by atoms with Crippen LogP contribution in [0, 0.1) is 5.92 Å². The van der Waals surface area contributed by atoms with E-state index in [9.17, 15) is 9.59 Å². The largest absolute Gasteiger partial charge is 0.368 e. The maximum absolute atomic E-state index is 12.6. The van der Waals surface area contributed by atoms with Crippen LogP contribution in [-0.4, -0.2) is 17.9 Å². The van der Waals surface area contributed by atoms with Gasteiger partial charge in [0.2, 0.25) is 11.8 Å². The van der Waals surface area contributed by atoms with Crippen molar-refractivity contribution in [1.29, 1.82) is 0 Å². The summed E-state index contributed by atoms with van der Waals surface area (Å²) in [7, 11) is 0. The van der Waals surface area contributed by atoms with Gasteiger partial charge in [0, 0.05) is 12.3 Å². The van der Waals surface area contributed by atoms with E-state index in [2.05, 4.69) is 17.4 Å². The van der Waals surface area contributed by atoms with Crippen LogP contribution in [0.1, 0.15) is 49.1 Å². The van der Waals surface area contributed by atoms with Crippen molar-refractivity contribution in [3.8, 4) is 11.1 Å². The number of benzene rings is 2. The van der Waals surface area contributed by atoms with Crippen LogP contribution >= 0.6 is 0 Å². The number of carbonyl (C=O) groups excluding carboxylic acids is 2. The Balaban J connectivity index is 1.64. The van der Waals surface area contributed by atoms with Crippen molar-refractivity contribution >= 4 is 11.8 Å². The Morgan fingerprint density at radius 2 is 1.50 bits per heavy atom. The molecule has 1 fully saturated rings. The van der Waals surface area contributed by atoms with Gasteiger partial charge in [-0.15, -0.1) is 0 Å². The summed E-state index contributed by atoms with van der Waals surface area (Å²) in [6.45, 7) is 0. The first-order valence-electron chi connectivity index (χ1n) is 9.42. The smallest absolute Gasteiger partial charge is 0.240 e. The van der Waals surface area contributed by atoms with Crippen LogP contribution in [0.2, 0.25) is 0 Å². The van der Waals surface area contributed by atoms with Crippen LogP contribution in [0.25, 0.3) is 11.1 Å². The highest BCUT2D eigenvalue weighted by atomic mass is 16.2. The van der Waals surface area contributed by atoms with Gasteiger partial charge >= 0.3 is 0 Å². The molecule has 2 aliphatic carbocycles. The summed E-state index contributed by atoms with van der Waals surface area (Å²) in [6, 6.07) is 15.4. The Kier molecular flexibility index (Phi) is 4.49. The molecule has 0 spiro atoms. The average molecular weight is 348 g/mol. The fraction of sp³-hybridized carbons (Fsp3) is 0.364. The molecule has 2 aromatic rings. The average Bonchev–Trinajstić information content (AvgIpc) is 3.25. The van der Waals surface area contributed by atoms with E-state index in [4.69, 9.17) is 5.73 Å². The number of amides is 2. The van der Waals surface area contributed by atoms with Crippen molar-refractivity contribution in [2.75, 3.05) is 0 Å². The van der Waals surface area contributed by atoms with E-state index in [1.165, 1.54) is 12.8 Å². The minimum atomic E-state index is -0.728. The zero-order valence-corrected chi connectivity index (χ0v) is 14.8. The molecule has 0 aliphatic heterocycles. The number of rotatable bonds is 5. The summed E-state index contributed by atoms with van der Waals surface area (Å²) in [5, 5.41) is 2.95. The third kappa shape index (κ3) is 3.00. The predicted octanol–water partition coefficient (Wildman–Crippen LogP) is 3.35. The first kappa shape index (κ1) is 16.8. The van der Waals surface area contributed by atoms with E-state index in [1.807, 2.05) is 36.4 Å². The molecule has 26 heavy (non-hydrogen) atoms. The van der Waals surface area contributed by atoms with Crippen molar-refractivity contribution in [2.45, 2.75) is 44.1 Å². The van der Waals surface area contributed by atoms with Crippen molar-refractivity contribution in [3.63, 3.8) is 0 Å². The summed E-state index contributed by atoms with van der Waals surface area (Å²) in [4.78, 5) is 24.9. The molecule has 3 N–H and O–H groups in total. The van der Waals surface area contributed by atoms with Crippen LogP contribution in [0.15, 0.2) is 48.5 Å². The van der Waals surface area contributed by atoms with Gasteiger partial charge in [0.05, 0.1) is 0 Å². The van der Waals surface area contributed by atoms with Crippen molar-refractivity contribution < 1.29 is 9.59 Å². The molecule has 2 aliphatic rings. The maximum Gasteiger partial charge on any atom is 0.240 e. The molecule has 0 unspecified atom stereocenters. The van der Waals surface area contributed by atoms with Gasteiger partial charge in [0.15, 0.2) is 0 Å². The lowest BCUT2D eigenvalue weighted by atomic mass is 9.88. The molecular weight excluding hydrogens is 324 g/mol. The fourth-order valence-electron chi connectivity index (χ4n) is 4.58. The van der Waals surface area contributed by atoms with Gasteiger partial charge in [-0.2, -0.15) is 0 Å². The summed E-state index contributed by atoms with van der Waals surface area (Å²) in [5.41, 5.74) is 10.1. The third-order valence-corrected chi connectivity index (χ3v) is 5.79. The second kappa shape index (κ2) is 6.94. The summed E-state index contributed by atoms with van der Waals surface area (Å²) < 4.78 is 0. The van der Waals surface area contributed by atoms with E-state index in [0.717, 1.165) is 35.1 Å². The molecular formula is C22H24N2O2. The number of fused-ring (bicyclic) bond motifs is 3. The Morgan fingerprint density at radius 3 is 2.04 bits per heavy atom. The fourth-order valence-corrected chi connectivity index (χ4v) is 4.58. The van der Waals surface area contributed by atoms with Gasteiger partial charge in [0.25, 0.3) is 0 Å². The Bertz CT molecular complexity index is 794. The lowest BCUT2D eigenvalue weighted by Gasteiger charge is -2.24. The Labute approximate surface area is 153 Å². The molecule has 4 nitrogen and oxygen atoms in total. The molecule has 134 valence electrons. The standard InChI is InChI=1S/C22H24N2O2/c23-22(26)21(24-19(25)13-14-7-1-2-8-14)20-17-11-5-3-9-15(17)16-10-4-6-12-18(16)20/h3-6,9-12,14,20-21H,1-2,7-8,13H2,(H2,23,26)(H,24,25)/t21-/m0/s1. The molecule has 2 aromatic carbocycles. The third-order valence-electron chi connectivity index (χ3n) is 5.79. The normalized spacial score (nSPS) is 17.5. The second-order valence-electron chi connectivity index (χ2n) is 7.45. The molecule has 0 aromatic heterocycles. The van der Waals surface area contributed by atoms with Gasteiger partial charge in [-0.25, -0.2) is 0 Å². The van der Waals surface area contributed by atoms with E-state index >= 15 is 0 Å². The molecule has 2 amide bonds. The Morgan fingerprint density at radius 1 is 0.962 bits per heavy atom. The van der Waals surface area contributed by atoms with Crippen molar-refractivity contribution in [3.05, 3.63) is 59.7 Å². The number of hydrogen-bond donors (Lipinski definition) is 2. The predicted molar refractivity (Wildman–Crippen MR) is 101 cm³/mol. The highest BCUT2D eigenvalue weighted by Crippen LogP contribution is 2.46. The number of nitrogens with one attached hydrogen (secondary N) is 1. The molecule has 0 heterocycles. The van der Waals surface area contributed by atoms with Gasteiger partial charge in [-0.05, 0) is 41.0 Å². The maximum atomic E-state index is 12.6. The SMILES string of the molecule is NC(=O)[C@@H](NC(=O)CC1CCCC1)C1c2ccccc2-c2ccccc21. The molecule has 0 saturated heterocycles.